The number of hydrogen-bond acceptors (Lipinski definition) is 4. The number of oxazole rings is 1. The van der Waals surface area contributed by atoms with E-state index in [2.05, 4.69) is 23.7 Å². The number of rotatable bonds is 4. The second-order valence-corrected chi connectivity index (χ2v) is 5.40. The Morgan fingerprint density at radius 3 is 3.00 bits per heavy atom. The summed E-state index contributed by atoms with van der Waals surface area (Å²) < 4.78 is 5.58. The molecule has 100 valence electrons. The molecule has 0 saturated carbocycles. The molecule has 0 bridgehead atoms. The smallest absolute Gasteiger partial charge is 0.211 e. The van der Waals surface area contributed by atoms with Crippen LogP contribution in [0.1, 0.15) is 57.7 Å². The van der Waals surface area contributed by atoms with Crippen LogP contribution in [-0.4, -0.2) is 28.3 Å². The maximum absolute atomic E-state index is 11.1. The van der Waals surface area contributed by atoms with Crippen LogP contribution in [0.15, 0.2) is 10.7 Å². The first-order valence-corrected chi connectivity index (χ1v) is 6.77. The van der Waals surface area contributed by atoms with Crippen LogP contribution in [0.5, 0.6) is 0 Å². The normalized spacial score (nSPS) is 21.4. The molecule has 0 aliphatic carbocycles. The molecule has 1 atom stereocenters. The summed E-state index contributed by atoms with van der Waals surface area (Å²) in [7, 11) is 0. The highest BCUT2D eigenvalue weighted by Gasteiger charge is 2.29. The van der Waals surface area contributed by atoms with Crippen LogP contribution in [0, 0.1) is 0 Å². The van der Waals surface area contributed by atoms with E-state index in [1.54, 1.807) is 13.2 Å². The Bertz CT molecular complexity index is 412. The largest absolute Gasteiger partial charge is 0.447 e. The van der Waals surface area contributed by atoms with E-state index in [-0.39, 0.29) is 11.8 Å². The van der Waals surface area contributed by atoms with Crippen molar-refractivity contribution in [3.63, 3.8) is 0 Å². The highest BCUT2D eigenvalue weighted by Crippen LogP contribution is 2.31. The first-order valence-electron chi connectivity index (χ1n) is 6.77. The van der Waals surface area contributed by atoms with E-state index >= 15 is 0 Å². The number of ketones is 1. The van der Waals surface area contributed by atoms with E-state index in [1.807, 2.05) is 0 Å². The molecule has 0 spiro atoms. The number of piperidine rings is 1. The van der Waals surface area contributed by atoms with Gasteiger partial charge in [0.25, 0.3) is 0 Å². The van der Waals surface area contributed by atoms with Gasteiger partial charge in [-0.3, -0.25) is 9.69 Å². The number of nitrogens with zero attached hydrogens (tertiary/aromatic N) is 2. The Morgan fingerprint density at radius 1 is 1.56 bits per heavy atom. The van der Waals surface area contributed by atoms with E-state index in [0.717, 1.165) is 24.6 Å². The van der Waals surface area contributed by atoms with Crippen LogP contribution in [0.3, 0.4) is 0 Å². The molecule has 4 heteroatoms. The van der Waals surface area contributed by atoms with Gasteiger partial charge in [-0.25, -0.2) is 4.98 Å². The van der Waals surface area contributed by atoms with Crippen molar-refractivity contribution in [2.24, 2.45) is 0 Å². The molecule has 4 nitrogen and oxygen atoms in total. The molecule has 0 radical (unpaired) electrons. The number of Topliss-reactive ketones (excluding diaryl/α,β-unsaturated/α-hetero) is 1. The molecular formula is C14H22N2O2. The third-order valence-electron chi connectivity index (χ3n) is 3.49. The van der Waals surface area contributed by atoms with Crippen LogP contribution < -0.4 is 0 Å². The minimum Gasteiger partial charge on any atom is -0.447 e. The van der Waals surface area contributed by atoms with E-state index in [9.17, 15) is 4.79 Å². The fourth-order valence-corrected chi connectivity index (χ4v) is 2.65. The van der Waals surface area contributed by atoms with Crippen LogP contribution in [0.25, 0.3) is 0 Å². The summed E-state index contributed by atoms with van der Waals surface area (Å²) in [6, 6.07) is 0.776. The molecule has 1 aliphatic heterocycles. The van der Waals surface area contributed by atoms with Crippen molar-refractivity contribution in [1.82, 2.24) is 9.88 Å². The number of hydrogen-bond donors (Lipinski definition) is 0. The van der Waals surface area contributed by atoms with Gasteiger partial charge in [-0.15, -0.1) is 0 Å². The summed E-state index contributed by atoms with van der Waals surface area (Å²) in [5.41, 5.74) is 0.756. The lowest BCUT2D eigenvalue weighted by Gasteiger charge is -2.36. The third-order valence-corrected chi connectivity index (χ3v) is 3.49. The van der Waals surface area contributed by atoms with Gasteiger partial charge in [-0.05, 0) is 40.2 Å². The van der Waals surface area contributed by atoms with Gasteiger partial charge in [0, 0.05) is 6.04 Å². The average molecular weight is 250 g/mol. The molecule has 1 saturated heterocycles. The highest BCUT2D eigenvalue weighted by molar-refractivity contribution is 5.77. The van der Waals surface area contributed by atoms with Crippen LogP contribution >= 0.6 is 0 Å². The fraction of sp³-hybridized carbons (Fsp3) is 0.714. The van der Waals surface area contributed by atoms with Crippen molar-refractivity contribution in [3.8, 4) is 0 Å². The quantitative estimate of drug-likeness (QED) is 0.824. The molecule has 1 fully saturated rings. The maximum atomic E-state index is 11.1. The topological polar surface area (TPSA) is 46.3 Å². The maximum Gasteiger partial charge on any atom is 0.211 e. The van der Waals surface area contributed by atoms with Gasteiger partial charge >= 0.3 is 0 Å². The molecule has 1 unspecified atom stereocenters. The molecule has 2 heterocycles. The summed E-state index contributed by atoms with van der Waals surface area (Å²) in [6.45, 7) is 7.09. The molecule has 0 aromatic carbocycles. The van der Waals surface area contributed by atoms with E-state index in [4.69, 9.17) is 4.42 Å². The lowest BCUT2D eigenvalue weighted by Crippen LogP contribution is -2.38. The Labute approximate surface area is 108 Å². The van der Waals surface area contributed by atoms with Gasteiger partial charge in [0.2, 0.25) is 5.89 Å². The Balaban J connectivity index is 2.13. The summed E-state index contributed by atoms with van der Waals surface area (Å²) in [5.74, 6) is 0.902. The summed E-state index contributed by atoms with van der Waals surface area (Å²) in [6.07, 6.45) is 5.56. The molecule has 18 heavy (non-hydrogen) atoms. The van der Waals surface area contributed by atoms with Crippen molar-refractivity contribution < 1.29 is 9.21 Å². The Morgan fingerprint density at radius 2 is 2.33 bits per heavy atom. The monoisotopic (exact) mass is 250 g/mol. The average Bonchev–Trinajstić information content (AvgIpc) is 2.76. The Kier molecular flexibility index (Phi) is 4.17. The number of likely N-dealkylation sites (tertiary alicyclic amines) is 1. The zero-order chi connectivity index (χ0) is 13.1. The van der Waals surface area contributed by atoms with Crippen molar-refractivity contribution in [3.05, 3.63) is 17.8 Å². The van der Waals surface area contributed by atoms with E-state index in [1.165, 1.54) is 12.8 Å². The predicted octanol–water partition coefficient (Wildman–Crippen LogP) is 2.74. The van der Waals surface area contributed by atoms with Crippen molar-refractivity contribution >= 4 is 5.78 Å². The predicted molar refractivity (Wildman–Crippen MR) is 69.3 cm³/mol. The van der Waals surface area contributed by atoms with Crippen LogP contribution in [0.4, 0.5) is 0 Å². The number of aromatic nitrogens is 1. The van der Waals surface area contributed by atoms with Gasteiger partial charge in [-0.1, -0.05) is 6.42 Å². The van der Waals surface area contributed by atoms with Gasteiger partial charge < -0.3 is 4.42 Å². The SMILES string of the molecule is CC(=O)Cc1coc(C2CCCCN2C(C)C)n1. The highest BCUT2D eigenvalue weighted by atomic mass is 16.3. The van der Waals surface area contributed by atoms with Crippen LogP contribution in [-0.2, 0) is 11.2 Å². The molecule has 1 aromatic rings. The molecule has 1 aromatic heterocycles. The minimum atomic E-state index is 0.124. The van der Waals surface area contributed by atoms with E-state index < -0.39 is 0 Å². The Hall–Kier alpha value is -1.16. The third kappa shape index (κ3) is 2.99. The number of carbonyl (C=O) groups is 1. The number of carbonyl (C=O) groups excluding carboxylic acids is 1. The fourth-order valence-electron chi connectivity index (χ4n) is 2.65. The second kappa shape index (κ2) is 5.65. The molecule has 1 aliphatic rings. The lowest BCUT2D eigenvalue weighted by atomic mass is 10.0. The van der Waals surface area contributed by atoms with E-state index in [0.29, 0.717) is 12.5 Å². The second-order valence-electron chi connectivity index (χ2n) is 5.40. The molecule has 2 rings (SSSR count). The molecule has 0 N–H and O–H groups in total. The summed E-state index contributed by atoms with van der Waals surface area (Å²) in [4.78, 5) is 18.0. The molecule has 0 amide bonds. The van der Waals surface area contributed by atoms with Gasteiger partial charge in [-0.2, -0.15) is 0 Å². The zero-order valence-electron chi connectivity index (χ0n) is 11.5. The van der Waals surface area contributed by atoms with Gasteiger partial charge in [0.1, 0.15) is 12.0 Å². The van der Waals surface area contributed by atoms with Crippen molar-refractivity contribution in [1.29, 1.82) is 0 Å². The van der Waals surface area contributed by atoms with Crippen molar-refractivity contribution in [2.45, 2.75) is 58.5 Å². The minimum absolute atomic E-state index is 0.124. The first kappa shape index (κ1) is 13.3. The van der Waals surface area contributed by atoms with Crippen molar-refractivity contribution in [2.75, 3.05) is 6.54 Å². The lowest BCUT2D eigenvalue weighted by molar-refractivity contribution is -0.116. The molecular weight excluding hydrogens is 228 g/mol. The zero-order valence-corrected chi connectivity index (χ0v) is 11.5. The first-order chi connectivity index (χ1) is 8.58. The van der Waals surface area contributed by atoms with Gasteiger partial charge in [0.15, 0.2) is 0 Å². The standard InChI is InChI=1S/C14H22N2O2/c1-10(2)16-7-5-4-6-13(16)14-15-12(9-18-14)8-11(3)17/h9-10,13H,4-8H2,1-3H3. The summed E-state index contributed by atoms with van der Waals surface area (Å²) >= 11 is 0. The van der Waals surface area contributed by atoms with Gasteiger partial charge in [0.05, 0.1) is 18.2 Å². The van der Waals surface area contributed by atoms with Crippen LogP contribution in [0.2, 0.25) is 0 Å². The summed E-state index contributed by atoms with van der Waals surface area (Å²) in [5, 5.41) is 0.